The minimum absolute atomic E-state index is 0.233. The zero-order valence-electron chi connectivity index (χ0n) is 7.36. The van der Waals surface area contributed by atoms with E-state index in [2.05, 4.69) is 0 Å². The lowest BCUT2D eigenvalue weighted by Gasteiger charge is -2.01. The molecule has 13 heavy (non-hydrogen) atoms. The number of ketones is 1. The Morgan fingerprint density at radius 2 is 2.08 bits per heavy atom. The average Bonchev–Trinajstić information content (AvgIpc) is 2.91. The first kappa shape index (κ1) is 8.30. The van der Waals surface area contributed by atoms with Gasteiger partial charge in [-0.15, -0.1) is 0 Å². The normalized spacial score (nSPS) is 15.7. The lowest BCUT2D eigenvalue weighted by molar-refractivity contribution is -0.119. The Kier molecular flexibility index (Phi) is 2.05. The van der Waals surface area contributed by atoms with E-state index < -0.39 is 0 Å². The molecule has 2 rings (SSSR count). The summed E-state index contributed by atoms with van der Waals surface area (Å²) in [7, 11) is 0. The molecule has 2 heteroatoms. The number of hydrogen-bond donors (Lipinski definition) is 1. The Morgan fingerprint density at radius 3 is 2.69 bits per heavy atom. The van der Waals surface area contributed by atoms with Crippen LogP contribution in [0.2, 0.25) is 0 Å². The Bertz CT molecular complexity index is 327. The Hall–Kier alpha value is -1.31. The van der Waals surface area contributed by atoms with Crippen LogP contribution < -0.4 is 0 Å². The molecule has 0 bridgehead atoms. The van der Waals surface area contributed by atoms with Crippen molar-refractivity contribution < 1.29 is 9.90 Å². The van der Waals surface area contributed by atoms with E-state index >= 15 is 0 Å². The number of rotatable bonds is 3. The van der Waals surface area contributed by atoms with Crippen molar-refractivity contribution in [1.29, 1.82) is 0 Å². The standard InChI is InChI=1S/C11H12O2/c12-10-4-2-1-3-9(10)7-11(13)8-5-6-8/h1-4,8,12H,5-7H2. The first-order valence-corrected chi connectivity index (χ1v) is 4.57. The number of phenols is 1. The fourth-order valence-electron chi connectivity index (χ4n) is 1.40. The van der Waals surface area contributed by atoms with Crippen molar-refractivity contribution in [3.8, 4) is 5.75 Å². The number of hydrogen-bond acceptors (Lipinski definition) is 2. The first-order valence-electron chi connectivity index (χ1n) is 4.57. The van der Waals surface area contributed by atoms with Gasteiger partial charge < -0.3 is 5.11 Å². The molecule has 0 saturated heterocycles. The Balaban J connectivity index is 2.08. The third-order valence-electron chi connectivity index (χ3n) is 2.39. The van der Waals surface area contributed by atoms with Crippen LogP contribution in [0.5, 0.6) is 5.75 Å². The molecule has 0 radical (unpaired) electrons. The smallest absolute Gasteiger partial charge is 0.140 e. The van der Waals surface area contributed by atoms with Crippen molar-refractivity contribution >= 4 is 5.78 Å². The number of Topliss-reactive ketones (excluding diaryl/α,β-unsaturated/α-hetero) is 1. The average molecular weight is 176 g/mol. The van der Waals surface area contributed by atoms with Gasteiger partial charge >= 0.3 is 0 Å². The van der Waals surface area contributed by atoms with Crippen molar-refractivity contribution in [2.45, 2.75) is 19.3 Å². The van der Waals surface area contributed by atoms with E-state index in [4.69, 9.17) is 0 Å². The van der Waals surface area contributed by atoms with E-state index in [9.17, 15) is 9.90 Å². The fourth-order valence-corrected chi connectivity index (χ4v) is 1.40. The van der Waals surface area contributed by atoms with E-state index in [1.807, 2.05) is 6.07 Å². The van der Waals surface area contributed by atoms with Gasteiger partial charge in [0.1, 0.15) is 11.5 Å². The van der Waals surface area contributed by atoms with Crippen LogP contribution in [0.25, 0.3) is 0 Å². The van der Waals surface area contributed by atoms with Crippen LogP contribution >= 0.6 is 0 Å². The lowest BCUT2D eigenvalue weighted by Crippen LogP contribution is -2.04. The first-order chi connectivity index (χ1) is 6.27. The number of aromatic hydroxyl groups is 1. The number of benzene rings is 1. The second kappa shape index (κ2) is 3.21. The highest BCUT2D eigenvalue weighted by Crippen LogP contribution is 2.31. The van der Waals surface area contributed by atoms with Crippen LogP contribution in [-0.4, -0.2) is 10.9 Å². The van der Waals surface area contributed by atoms with Gasteiger partial charge in [-0.2, -0.15) is 0 Å². The molecule has 1 saturated carbocycles. The molecule has 0 aliphatic heterocycles. The van der Waals surface area contributed by atoms with Gasteiger partial charge in [0.2, 0.25) is 0 Å². The third-order valence-corrected chi connectivity index (χ3v) is 2.39. The summed E-state index contributed by atoms with van der Waals surface area (Å²) in [6.07, 6.45) is 2.45. The van der Waals surface area contributed by atoms with E-state index in [0.29, 0.717) is 6.42 Å². The summed E-state index contributed by atoms with van der Waals surface area (Å²) in [6, 6.07) is 7.03. The summed E-state index contributed by atoms with van der Waals surface area (Å²) in [5.41, 5.74) is 0.749. The van der Waals surface area contributed by atoms with Crippen LogP contribution in [0, 0.1) is 5.92 Å². The van der Waals surface area contributed by atoms with Gasteiger partial charge in [0, 0.05) is 17.9 Å². The molecule has 1 aromatic rings. The predicted octanol–water partition coefficient (Wildman–Crippen LogP) is 1.91. The number of carbonyl (C=O) groups is 1. The van der Waals surface area contributed by atoms with Crippen molar-refractivity contribution in [3.63, 3.8) is 0 Å². The fraction of sp³-hybridized carbons (Fsp3) is 0.364. The van der Waals surface area contributed by atoms with Crippen LogP contribution in [-0.2, 0) is 11.2 Å². The van der Waals surface area contributed by atoms with Gasteiger partial charge in [-0.25, -0.2) is 0 Å². The molecule has 0 atom stereocenters. The summed E-state index contributed by atoms with van der Waals surface area (Å²) in [5, 5.41) is 9.41. The van der Waals surface area contributed by atoms with E-state index in [1.165, 1.54) is 0 Å². The maximum Gasteiger partial charge on any atom is 0.140 e. The molecule has 1 N–H and O–H groups in total. The highest BCUT2D eigenvalue weighted by Gasteiger charge is 2.29. The minimum Gasteiger partial charge on any atom is -0.508 e. The molecule has 0 amide bonds. The molecule has 1 aliphatic rings. The molecule has 0 heterocycles. The molecular formula is C11H12O2. The maximum absolute atomic E-state index is 11.4. The van der Waals surface area contributed by atoms with E-state index in [1.54, 1.807) is 18.2 Å². The van der Waals surface area contributed by atoms with Gasteiger partial charge in [-0.1, -0.05) is 18.2 Å². The predicted molar refractivity (Wildman–Crippen MR) is 49.5 cm³/mol. The molecular weight excluding hydrogens is 164 g/mol. The maximum atomic E-state index is 11.4. The Labute approximate surface area is 77.2 Å². The van der Waals surface area contributed by atoms with Crippen molar-refractivity contribution in [1.82, 2.24) is 0 Å². The van der Waals surface area contributed by atoms with Crippen molar-refractivity contribution in [2.75, 3.05) is 0 Å². The van der Waals surface area contributed by atoms with Gasteiger partial charge in [0.15, 0.2) is 0 Å². The van der Waals surface area contributed by atoms with Crippen LogP contribution in [0.3, 0.4) is 0 Å². The minimum atomic E-state index is 0.233. The molecule has 1 aromatic carbocycles. The molecule has 2 nitrogen and oxygen atoms in total. The molecule has 68 valence electrons. The van der Waals surface area contributed by atoms with E-state index in [-0.39, 0.29) is 17.5 Å². The van der Waals surface area contributed by atoms with Crippen LogP contribution in [0.1, 0.15) is 18.4 Å². The third kappa shape index (κ3) is 1.89. The van der Waals surface area contributed by atoms with Crippen LogP contribution in [0.4, 0.5) is 0 Å². The number of phenolic OH excluding ortho intramolecular Hbond substituents is 1. The molecule has 0 unspecified atom stereocenters. The molecule has 0 spiro atoms. The molecule has 0 aromatic heterocycles. The summed E-state index contributed by atoms with van der Waals surface area (Å²) in [6.45, 7) is 0. The molecule has 1 aliphatic carbocycles. The monoisotopic (exact) mass is 176 g/mol. The van der Waals surface area contributed by atoms with Gasteiger partial charge in [0.25, 0.3) is 0 Å². The van der Waals surface area contributed by atoms with Gasteiger partial charge in [-0.05, 0) is 18.9 Å². The van der Waals surface area contributed by atoms with E-state index in [0.717, 1.165) is 18.4 Å². The SMILES string of the molecule is O=C(Cc1ccccc1O)C1CC1. The summed E-state index contributed by atoms with van der Waals surface area (Å²) < 4.78 is 0. The highest BCUT2D eigenvalue weighted by molar-refractivity contribution is 5.85. The zero-order chi connectivity index (χ0) is 9.26. The summed E-state index contributed by atoms with van der Waals surface area (Å²) in [5.74, 6) is 0.776. The summed E-state index contributed by atoms with van der Waals surface area (Å²) >= 11 is 0. The zero-order valence-corrected chi connectivity index (χ0v) is 7.36. The largest absolute Gasteiger partial charge is 0.508 e. The quantitative estimate of drug-likeness (QED) is 0.763. The van der Waals surface area contributed by atoms with Gasteiger partial charge in [-0.3, -0.25) is 4.79 Å². The second-order valence-electron chi connectivity index (χ2n) is 3.55. The highest BCUT2D eigenvalue weighted by atomic mass is 16.3. The number of carbonyl (C=O) groups excluding carboxylic acids is 1. The second-order valence-corrected chi connectivity index (χ2v) is 3.55. The molecule has 1 fully saturated rings. The lowest BCUT2D eigenvalue weighted by atomic mass is 10.1. The Morgan fingerprint density at radius 1 is 1.38 bits per heavy atom. The van der Waals surface area contributed by atoms with Crippen molar-refractivity contribution in [3.05, 3.63) is 29.8 Å². The number of para-hydroxylation sites is 1. The van der Waals surface area contributed by atoms with Crippen molar-refractivity contribution in [2.24, 2.45) is 5.92 Å². The van der Waals surface area contributed by atoms with Crippen LogP contribution in [0.15, 0.2) is 24.3 Å². The summed E-state index contributed by atoms with van der Waals surface area (Å²) in [4.78, 5) is 11.4. The van der Waals surface area contributed by atoms with Gasteiger partial charge in [0.05, 0.1) is 0 Å². The topological polar surface area (TPSA) is 37.3 Å².